The van der Waals surface area contributed by atoms with Gasteiger partial charge in [0.05, 0.1) is 11.1 Å². The van der Waals surface area contributed by atoms with Crippen LogP contribution in [0.4, 0.5) is 4.39 Å². The molecule has 2 aromatic rings. The Morgan fingerprint density at radius 2 is 1.75 bits per heavy atom. The van der Waals surface area contributed by atoms with Crippen LogP contribution in [-0.2, 0) is 0 Å². The summed E-state index contributed by atoms with van der Waals surface area (Å²) in [6, 6.07) is 7.54. The molecule has 0 amide bonds. The third-order valence-electron chi connectivity index (χ3n) is 2.91. The monoisotopic (exact) mass is 395 g/mol. The lowest BCUT2D eigenvalue weighted by Gasteiger charge is -2.20. The van der Waals surface area contributed by atoms with E-state index in [4.69, 9.17) is 34.8 Å². The van der Waals surface area contributed by atoms with Crippen molar-refractivity contribution in [2.75, 3.05) is 7.05 Å². The summed E-state index contributed by atoms with van der Waals surface area (Å²) in [4.78, 5) is 0. The first kappa shape index (κ1) is 16.1. The fourth-order valence-electron chi connectivity index (χ4n) is 1.97. The fraction of sp³-hybridized carbons (Fsp3) is 0.143. The standard InChI is InChI=1S/C14H10BrCl3FN/c1-20-14(8-4-7(16)2-3-11(8)17)9-5-12(18)10(15)6-13(9)19/h2-6,14,20H,1H3. The van der Waals surface area contributed by atoms with E-state index in [-0.39, 0.29) is 5.82 Å². The molecule has 1 unspecified atom stereocenters. The Balaban J connectivity index is 2.58. The molecule has 0 radical (unpaired) electrons. The molecule has 0 saturated carbocycles. The molecule has 0 heterocycles. The smallest absolute Gasteiger partial charge is 0.129 e. The highest BCUT2D eigenvalue weighted by Gasteiger charge is 2.20. The van der Waals surface area contributed by atoms with Crippen molar-refractivity contribution in [3.05, 3.63) is 66.8 Å². The number of halogens is 5. The van der Waals surface area contributed by atoms with Gasteiger partial charge in [0, 0.05) is 20.1 Å². The lowest BCUT2D eigenvalue weighted by molar-refractivity contribution is 0.575. The first-order valence-corrected chi connectivity index (χ1v) is 7.63. The number of benzene rings is 2. The zero-order valence-electron chi connectivity index (χ0n) is 10.4. The molecule has 106 valence electrons. The van der Waals surface area contributed by atoms with Gasteiger partial charge in [0.25, 0.3) is 0 Å². The van der Waals surface area contributed by atoms with Crippen LogP contribution in [0.15, 0.2) is 34.8 Å². The van der Waals surface area contributed by atoms with E-state index in [0.717, 1.165) is 0 Å². The van der Waals surface area contributed by atoms with Gasteiger partial charge in [-0.05, 0) is 58.9 Å². The summed E-state index contributed by atoms with van der Waals surface area (Å²) in [7, 11) is 1.72. The van der Waals surface area contributed by atoms with Gasteiger partial charge in [-0.2, -0.15) is 0 Å². The SMILES string of the molecule is CNC(c1cc(Cl)c(Br)cc1F)c1cc(Cl)ccc1Cl. The molecule has 0 spiro atoms. The quantitative estimate of drug-likeness (QED) is 0.640. The van der Waals surface area contributed by atoms with E-state index in [1.165, 1.54) is 6.07 Å². The van der Waals surface area contributed by atoms with Crippen molar-refractivity contribution in [3.63, 3.8) is 0 Å². The van der Waals surface area contributed by atoms with Crippen molar-refractivity contribution in [2.24, 2.45) is 0 Å². The number of nitrogens with one attached hydrogen (secondary N) is 1. The molecule has 0 aliphatic heterocycles. The minimum absolute atomic E-state index is 0.378. The second-order valence-electron chi connectivity index (χ2n) is 4.18. The summed E-state index contributed by atoms with van der Waals surface area (Å²) < 4.78 is 14.7. The minimum Gasteiger partial charge on any atom is -0.309 e. The van der Waals surface area contributed by atoms with Gasteiger partial charge in [0.15, 0.2) is 0 Å². The fourth-order valence-corrected chi connectivity index (χ4v) is 2.87. The summed E-state index contributed by atoms with van der Waals surface area (Å²) in [5, 5.41) is 4.51. The Morgan fingerprint density at radius 1 is 1.05 bits per heavy atom. The van der Waals surface area contributed by atoms with Gasteiger partial charge < -0.3 is 5.32 Å². The van der Waals surface area contributed by atoms with Crippen LogP contribution in [0.2, 0.25) is 15.1 Å². The molecular weight excluding hydrogens is 387 g/mol. The van der Waals surface area contributed by atoms with Crippen molar-refractivity contribution in [1.29, 1.82) is 0 Å². The van der Waals surface area contributed by atoms with Crippen LogP contribution in [0.5, 0.6) is 0 Å². The zero-order valence-corrected chi connectivity index (χ0v) is 14.2. The number of hydrogen-bond donors (Lipinski definition) is 1. The third kappa shape index (κ3) is 3.29. The molecule has 2 rings (SSSR count). The van der Waals surface area contributed by atoms with Crippen LogP contribution >= 0.6 is 50.7 Å². The van der Waals surface area contributed by atoms with Crippen LogP contribution in [0.25, 0.3) is 0 Å². The lowest BCUT2D eigenvalue weighted by atomic mass is 9.98. The van der Waals surface area contributed by atoms with E-state index in [2.05, 4.69) is 21.2 Å². The van der Waals surface area contributed by atoms with E-state index in [1.807, 2.05) is 0 Å². The summed E-state index contributed by atoms with van der Waals surface area (Å²) in [6.45, 7) is 0. The zero-order chi connectivity index (χ0) is 14.9. The highest BCUT2D eigenvalue weighted by atomic mass is 79.9. The van der Waals surface area contributed by atoms with E-state index in [9.17, 15) is 4.39 Å². The van der Waals surface area contributed by atoms with E-state index in [0.29, 0.717) is 30.7 Å². The molecule has 20 heavy (non-hydrogen) atoms. The largest absolute Gasteiger partial charge is 0.309 e. The molecule has 1 atom stereocenters. The summed E-state index contributed by atoms with van der Waals surface area (Å²) in [6.07, 6.45) is 0. The summed E-state index contributed by atoms with van der Waals surface area (Å²) in [5.41, 5.74) is 1.10. The summed E-state index contributed by atoms with van der Waals surface area (Å²) >= 11 is 21.4. The van der Waals surface area contributed by atoms with Gasteiger partial charge in [0.2, 0.25) is 0 Å². The average Bonchev–Trinajstić information content (AvgIpc) is 2.40. The molecular formula is C14H10BrCl3FN. The maximum absolute atomic E-state index is 14.2. The maximum atomic E-state index is 14.2. The molecule has 0 aromatic heterocycles. The Hall–Kier alpha value is -0.320. The van der Waals surface area contributed by atoms with Crippen molar-refractivity contribution < 1.29 is 4.39 Å². The van der Waals surface area contributed by atoms with Gasteiger partial charge in [-0.25, -0.2) is 4.39 Å². The van der Waals surface area contributed by atoms with E-state index in [1.54, 1.807) is 31.3 Å². The molecule has 1 N–H and O–H groups in total. The topological polar surface area (TPSA) is 12.0 Å². The maximum Gasteiger partial charge on any atom is 0.129 e. The van der Waals surface area contributed by atoms with Gasteiger partial charge in [0.1, 0.15) is 5.82 Å². The molecule has 0 saturated heterocycles. The Labute approximate surface area is 140 Å². The van der Waals surface area contributed by atoms with Crippen LogP contribution < -0.4 is 5.32 Å². The second kappa shape index (κ2) is 6.63. The first-order valence-electron chi connectivity index (χ1n) is 5.70. The van der Waals surface area contributed by atoms with Crippen molar-refractivity contribution in [2.45, 2.75) is 6.04 Å². The van der Waals surface area contributed by atoms with Crippen LogP contribution in [0.3, 0.4) is 0 Å². The van der Waals surface area contributed by atoms with Crippen molar-refractivity contribution in [1.82, 2.24) is 5.32 Å². The van der Waals surface area contributed by atoms with Crippen molar-refractivity contribution >= 4 is 50.7 Å². The highest BCUT2D eigenvalue weighted by molar-refractivity contribution is 9.10. The third-order valence-corrected chi connectivity index (χ3v) is 4.68. The molecule has 2 aromatic carbocycles. The number of hydrogen-bond acceptors (Lipinski definition) is 1. The van der Waals surface area contributed by atoms with Crippen LogP contribution in [0.1, 0.15) is 17.2 Å². The molecule has 0 aliphatic rings. The van der Waals surface area contributed by atoms with Crippen LogP contribution in [-0.4, -0.2) is 7.05 Å². The van der Waals surface area contributed by atoms with Crippen molar-refractivity contribution in [3.8, 4) is 0 Å². The van der Waals surface area contributed by atoms with E-state index < -0.39 is 6.04 Å². The highest BCUT2D eigenvalue weighted by Crippen LogP contribution is 2.35. The Bertz CT molecular complexity index is 649. The van der Waals surface area contributed by atoms with E-state index >= 15 is 0 Å². The average molecular weight is 398 g/mol. The second-order valence-corrected chi connectivity index (χ2v) is 6.28. The molecule has 0 bridgehead atoms. The normalized spacial score (nSPS) is 12.5. The molecule has 6 heteroatoms. The lowest BCUT2D eigenvalue weighted by Crippen LogP contribution is -2.19. The predicted molar refractivity (Wildman–Crippen MR) is 86.5 cm³/mol. The number of rotatable bonds is 3. The Morgan fingerprint density at radius 3 is 2.40 bits per heavy atom. The van der Waals surface area contributed by atoms with Gasteiger partial charge in [-0.3, -0.25) is 0 Å². The molecule has 0 aliphatic carbocycles. The summed E-state index contributed by atoms with van der Waals surface area (Å²) in [5.74, 6) is -0.378. The van der Waals surface area contributed by atoms with Gasteiger partial charge >= 0.3 is 0 Å². The van der Waals surface area contributed by atoms with Crippen LogP contribution in [0, 0.1) is 5.82 Å². The minimum atomic E-state index is -0.438. The molecule has 0 fully saturated rings. The predicted octanol–water partition coefficient (Wildman–Crippen LogP) is 5.86. The van der Waals surface area contributed by atoms with Gasteiger partial charge in [-0.1, -0.05) is 34.8 Å². The Kier molecular flexibility index (Phi) is 5.32. The molecule has 1 nitrogen and oxygen atoms in total. The first-order chi connectivity index (χ1) is 9.43. The van der Waals surface area contributed by atoms with Gasteiger partial charge in [-0.15, -0.1) is 0 Å².